The Bertz CT molecular complexity index is 511. The number of nitrogens with two attached hydrogens (primary N) is 1. The van der Waals surface area contributed by atoms with E-state index in [-0.39, 0.29) is 17.2 Å². The number of nitrogens with zero attached hydrogens (tertiary/aromatic N) is 2. The highest BCUT2D eigenvalue weighted by Gasteiger charge is 2.42. The molecule has 1 aromatic heterocycles. The van der Waals surface area contributed by atoms with Crippen molar-refractivity contribution in [2.75, 3.05) is 0 Å². The van der Waals surface area contributed by atoms with Crippen LogP contribution in [0.4, 0.5) is 0 Å². The van der Waals surface area contributed by atoms with E-state index in [9.17, 15) is 4.79 Å². The Hall–Kier alpha value is -0.680. The Morgan fingerprint density at radius 3 is 2.75 bits per heavy atom. The molecule has 2 N–H and O–H groups in total. The van der Waals surface area contributed by atoms with Crippen molar-refractivity contribution >= 4 is 21.7 Å². The number of carbonyl (C=O) groups excluding carboxylic acids is 1. The summed E-state index contributed by atoms with van der Waals surface area (Å²) in [6.07, 6.45) is 4.21. The number of Topliss-reactive ketones (excluding diaryl/α,β-unsaturated/α-hetero) is 1. The molecule has 1 saturated carbocycles. The molecule has 1 aliphatic carbocycles. The van der Waals surface area contributed by atoms with Gasteiger partial charge in [0.15, 0.2) is 0 Å². The molecular formula is C15H24BrN3O. The van der Waals surface area contributed by atoms with Gasteiger partial charge in [0.25, 0.3) is 0 Å². The van der Waals surface area contributed by atoms with Crippen LogP contribution in [0.5, 0.6) is 0 Å². The van der Waals surface area contributed by atoms with Crippen molar-refractivity contribution in [3.05, 3.63) is 15.9 Å². The van der Waals surface area contributed by atoms with Crippen LogP contribution in [0, 0.1) is 5.41 Å². The second kappa shape index (κ2) is 5.98. The average Bonchev–Trinajstić information content (AvgIpc) is 2.93. The second-order valence-corrected chi connectivity index (χ2v) is 6.69. The molecule has 0 spiro atoms. The lowest BCUT2D eigenvalue weighted by molar-refractivity contribution is -0.127. The van der Waals surface area contributed by atoms with Gasteiger partial charge in [-0.3, -0.25) is 9.48 Å². The zero-order valence-electron chi connectivity index (χ0n) is 12.6. The summed E-state index contributed by atoms with van der Waals surface area (Å²) in [6.45, 7) is 6.93. The summed E-state index contributed by atoms with van der Waals surface area (Å²) < 4.78 is 2.93. The van der Waals surface area contributed by atoms with Crippen LogP contribution in [0.25, 0.3) is 0 Å². The molecule has 1 heterocycles. The lowest BCUT2D eigenvalue weighted by Crippen LogP contribution is -2.42. The maximum absolute atomic E-state index is 12.7. The van der Waals surface area contributed by atoms with Crippen LogP contribution in [0.3, 0.4) is 0 Å². The summed E-state index contributed by atoms with van der Waals surface area (Å²) >= 11 is 3.61. The van der Waals surface area contributed by atoms with Crippen molar-refractivity contribution < 1.29 is 4.79 Å². The van der Waals surface area contributed by atoms with Crippen molar-refractivity contribution in [2.24, 2.45) is 11.1 Å². The molecule has 2 unspecified atom stereocenters. The predicted molar refractivity (Wildman–Crippen MR) is 83.6 cm³/mol. The largest absolute Gasteiger partial charge is 0.327 e. The standard InChI is InChI=1S/C15H24BrN3O/c1-4-10-14(16)11(19(5-2)18-10)9-13(20)15(3)8-6-7-12(15)17/h12H,4-9,17H2,1-3H3. The molecule has 1 aliphatic rings. The topological polar surface area (TPSA) is 60.9 Å². The van der Waals surface area contributed by atoms with Crippen molar-refractivity contribution in [3.8, 4) is 0 Å². The molecule has 0 aromatic carbocycles. The van der Waals surface area contributed by atoms with E-state index >= 15 is 0 Å². The maximum atomic E-state index is 12.7. The molecule has 0 radical (unpaired) electrons. The number of ketones is 1. The van der Waals surface area contributed by atoms with Gasteiger partial charge in [-0.15, -0.1) is 0 Å². The second-order valence-electron chi connectivity index (χ2n) is 5.89. The highest BCUT2D eigenvalue weighted by molar-refractivity contribution is 9.10. The third kappa shape index (κ3) is 2.58. The fourth-order valence-corrected chi connectivity index (χ4v) is 3.78. The van der Waals surface area contributed by atoms with E-state index < -0.39 is 0 Å². The molecule has 2 atom stereocenters. The van der Waals surface area contributed by atoms with Gasteiger partial charge in [-0.2, -0.15) is 5.10 Å². The van der Waals surface area contributed by atoms with Crippen molar-refractivity contribution in [2.45, 2.75) is 65.5 Å². The number of aryl methyl sites for hydroxylation is 2. The number of carbonyl (C=O) groups is 1. The summed E-state index contributed by atoms with van der Waals surface area (Å²) in [6, 6.07) is -0.00239. The molecular weight excluding hydrogens is 318 g/mol. The molecule has 5 heteroatoms. The zero-order chi connectivity index (χ0) is 14.9. The highest BCUT2D eigenvalue weighted by Crippen LogP contribution is 2.39. The van der Waals surface area contributed by atoms with Crippen LogP contribution in [-0.2, 0) is 24.2 Å². The van der Waals surface area contributed by atoms with Crippen LogP contribution in [-0.4, -0.2) is 21.6 Å². The minimum Gasteiger partial charge on any atom is -0.327 e. The van der Waals surface area contributed by atoms with Crippen molar-refractivity contribution in [3.63, 3.8) is 0 Å². The van der Waals surface area contributed by atoms with Crippen LogP contribution in [0.15, 0.2) is 4.47 Å². The van der Waals surface area contributed by atoms with E-state index in [1.54, 1.807) is 0 Å². The van der Waals surface area contributed by atoms with Gasteiger partial charge in [0.1, 0.15) is 5.78 Å². The molecule has 0 aliphatic heterocycles. The third-order valence-electron chi connectivity index (χ3n) is 4.69. The summed E-state index contributed by atoms with van der Waals surface area (Å²) in [5, 5.41) is 4.55. The molecule has 0 amide bonds. The van der Waals surface area contributed by atoms with Gasteiger partial charge in [0, 0.05) is 18.0 Å². The van der Waals surface area contributed by atoms with Crippen molar-refractivity contribution in [1.82, 2.24) is 9.78 Å². The van der Waals surface area contributed by atoms with Crippen molar-refractivity contribution in [1.29, 1.82) is 0 Å². The Morgan fingerprint density at radius 2 is 2.25 bits per heavy atom. The van der Waals surface area contributed by atoms with Gasteiger partial charge >= 0.3 is 0 Å². The Morgan fingerprint density at radius 1 is 1.55 bits per heavy atom. The fraction of sp³-hybridized carbons (Fsp3) is 0.733. The van der Waals surface area contributed by atoms with Gasteiger partial charge in [0.2, 0.25) is 0 Å². The number of aromatic nitrogens is 2. The van der Waals surface area contributed by atoms with E-state index in [2.05, 4.69) is 34.9 Å². The normalized spacial score (nSPS) is 26.1. The molecule has 4 nitrogen and oxygen atoms in total. The number of hydrogen-bond donors (Lipinski definition) is 1. The Balaban J connectivity index is 2.26. The predicted octanol–water partition coefficient (Wildman–Crippen LogP) is 2.86. The van der Waals surface area contributed by atoms with E-state index in [4.69, 9.17) is 5.73 Å². The number of rotatable bonds is 5. The summed E-state index contributed by atoms with van der Waals surface area (Å²) in [4.78, 5) is 12.7. The van der Waals surface area contributed by atoms with Gasteiger partial charge in [-0.25, -0.2) is 0 Å². The SMILES string of the molecule is CCc1nn(CC)c(CC(=O)C2(C)CCCC2N)c1Br. The smallest absolute Gasteiger partial charge is 0.146 e. The van der Waals surface area contributed by atoms with Gasteiger partial charge in [-0.1, -0.05) is 20.3 Å². The molecule has 0 bridgehead atoms. The lowest BCUT2D eigenvalue weighted by atomic mass is 9.79. The Labute approximate surface area is 129 Å². The lowest BCUT2D eigenvalue weighted by Gasteiger charge is -2.27. The van der Waals surface area contributed by atoms with Gasteiger partial charge < -0.3 is 5.73 Å². The molecule has 2 rings (SSSR count). The molecule has 1 aromatic rings. The van der Waals surface area contributed by atoms with Gasteiger partial charge in [0.05, 0.1) is 22.3 Å². The first-order valence-corrected chi connectivity index (χ1v) is 8.26. The summed E-state index contributed by atoms with van der Waals surface area (Å²) in [5.41, 5.74) is 7.81. The van der Waals surface area contributed by atoms with E-state index in [1.807, 2.05) is 11.6 Å². The van der Waals surface area contributed by atoms with Gasteiger partial charge in [-0.05, 0) is 42.1 Å². The van der Waals surface area contributed by atoms with Crippen LogP contribution >= 0.6 is 15.9 Å². The minimum atomic E-state index is -0.366. The monoisotopic (exact) mass is 341 g/mol. The van der Waals surface area contributed by atoms with Crippen LogP contribution in [0.2, 0.25) is 0 Å². The fourth-order valence-electron chi connectivity index (χ4n) is 3.08. The third-order valence-corrected chi connectivity index (χ3v) is 5.60. The first-order valence-electron chi connectivity index (χ1n) is 7.47. The number of hydrogen-bond acceptors (Lipinski definition) is 3. The quantitative estimate of drug-likeness (QED) is 0.895. The molecule has 112 valence electrons. The van der Waals surface area contributed by atoms with Crippen LogP contribution < -0.4 is 5.73 Å². The van der Waals surface area contributed by atoms with Crippen LogP contribution in [0.1, 0.15) is 51.4 Å². The summed E-state index contributed by atoms with van der Waals surface area (Å²) in [5.74, 6) is 0.250. The Kier molecular flexibility index (Phi) is 4.69. The number of halogens is 1. The minimum absolute atomic E-state index is 0.00239. The first kappa shape index (κ1) is 15.7. The van der Waals surface area contributed by atoms with E-state index in [0.29, 0.717) is 6.42 Å². The van der Waals surface area contributed by atoms with E-state index in [1.165, 1.54) is 0 Å². The highest BCUT2D eigenvalue weighted by atomic mass is 79.9. The molecule has 0 saturated heterocycles. The summed E-state index contributed by atoms with van der Waals surface area (Å²) in [7, 11) is 0. The van der Waals surface area contributed by atoms with E-state index in [0.717, 1.165) is 48.1 Å². The molecule has 20 heavy (non-hydrogen) atoms. The average molecular weight is 342 g/mol. The zero-order valence-corrected chi connectivity index (χ0v) is 14.2. The first-order chi connectivity index (χ1) is 9.43. The maximum Gasteiger partial charge on any atom is 0.146 e. The molecule has 1 fully saturated rings.